The summed E-state index contributed by atoms with van der Waals surface area (Å²) >= 11 is 0. The maximum absolute atomic E-state index is 12.9. The van der Waals surface area contributed by atoms with Gasteiger partial charge in [-0.1, -0.05) is 30.3 Å². The van der Waals surface area contributed by atoms with E-state index in [0.29, 0.717) is 0 Å². The number of hydrogen-bond acceptors (Lipinski definition) is 2. The first-order valence-corrected chi connectivity index (χ1v) is 5.72. The van der Waals surface area contributed by atoms with Crippen LogP contribution >= 0.6 is 0 Å². The molecule has 3 nitrogen and oxygen atoms in total. The molecule has 3 N–H and O–H groups in total. The van der Waals surface area contributed by atoms with Crippen LogP contribution in [0.4, 0.5) is 26.3 Å². The average Bonchev–Trinajstić information content (AvgIpc) is 2.68. The van der Waals surface area contributed by atoms with Crippen LogP contribution in [0.5, 0.6) is 0 Å². The summed E-state index contributed by atoms with van der Waals surface area (Å²) < 4.78 is 81.6. The summed E-state index contributed by atoms with van der Waals surface area (Å²) in [5.74, 6) is 0. The van der Waals surface area contributed by atoms with Crippen LogP contribution < -0.4 is 5.32 Å². The van der Waals surface area contributed by atoms with E-state index in [4.69, 9.17) is 0 Å². The van der Waals surface area contributed by atoms with Gasteiger partial charge < -0.3 is 10.2 Å². The highest BCUT2D eigenvalue weighted by Gasteiger charge is 2.76. The third-order valence-corrected chi connectivity index (χ3v) is 3.12. The minimum Gasteiger partial charge on any atom is -0.412 e. The molecule has 2 atom stereocenters. The normalized spacial score (nSPS) is 25.5. The van der Waals surface area contributed by atoms with Crippen LogP contribution in [-0.2, 0) is 4.74 Å². The monoisotopic (exact) mass is 317 g/mol. The fourth-order valence-electron chi connectivity index (χ4n) is 2.18. The van der Waals surface area contributed by atoms with E-state index in [9.17, 15) is 26.3 Å². The molecule has 2 rings (SSSR count). The zero-order chi connectivity index (χ0) is 15.2. The van der Waals surface area contributed by atoms with Gasteiger partial charge in [-0.2, -0.15) is 26.3 Å². The van der Waals surface area contributed by atoms with Crippen LogP contribution in [-0.4, -0.2) is 29.6 Å². The Kier molecular flexibility index (Phi) is 4.62. The van der Waals surface area contributed by atoms with Crippen LogP contribution in [0.1, 0.15) is 18.6 Å². The third-order valence-electron chi connectivity index (χ3n) is 3.12. The summed E-state index contributed by atoms with van der Waals surface area (Å²) in [4.78, 5) is 0. The third kappa shape index (κ3) is 2.85. The molecule has 1 fully saturated rings. The van der Waals surface area contributed by atoms with Gasteiger partial charge in [-0.15, -0.1) is 0 Å². The van der Waals surface area contributed by atoms with Gasteiger partial charge in [0.2, 0.25) is 0 Å². The SMILES string of the molecule is CC1NC(C(F)(F)F)(C(F)(F)F)OC1c1ccccc1.O. The maximum Gasteiger partial charge on any atom is 0.440 e. The first-order chi connectivity index (χ1) is 9.08. The molecule has 2 unspecified atom stereocenters. The summed E-state index contributed by atoms with van der Waals surface area (Å²) in [5, 5.41) is 1.52. The smallest absolute Gasteiger partial charge is 0.412 e. The zero-order valence-corrected chi connectivity index (χ0v) is 10.7. The molecule has 0 radical (unpaired) electrons. The lowest BCUT2D eigenvalue weighted by atomic mass is 10.0. The van der Waals surface area contributed by atoms with Crippen molar-refractivity contribution in [2.24, 2.45) is 0 Å². The Morgan fingerprint density at radius 1 is 1.00 bits per heavy atom. The number of nitrogens with one attached hydrogen (secondary N) is 1. The predicted octanol–water partition coefficient (Wildman–Crippen LogP) is 2.73. The molecule has 1 aromatic rings. The summed E-state index contributed by atoms with van der Waals surface area (Å²) in [7, 11) is 0. The number of alkyl halides is 6. The fourth-order valence-corrected chi connectivity index (χ4v) is 2.18. The molecule has 0 aromatic heterocycles. The van der Waals surface area contributed by atoms with E-state index in [0.717, 1.165) is 0 Å². The van der Waals surface area contributed by atoms with Crippen LogP contribution in [0.25, 0.3) is 0 Å². The molecule has 0 bridgehead atoms. The van der Waals surface area contributed by atoms with Crippen molar-refractivity contribution in [3.8, 4) is 0 Å². The summed E-state index contributed by atoms with van der Waals surface area (Å²) in [5.41, 5.74) is -4.08. The Bertz CT molecular complexity index is 459. The van der Waals surface area contributed by atoms with E-state index >= 15 is 0 Å². The molecule has 9 heteroatoms. The van der Waals surface area contributed by atoms with E-state index in [1.165, 1.54) is 36.5 Å². The van der Waals surface area contributed by atoms with Crippen molar-refractivity contribution >= 4 is 0 Å². The van der Waals surface area contributed by atoms with Crippen molar-refractivity contribution in [1.82, 2.24) is 5.32 Å². The molecule has 1 aromatic carbocycles. The molecule has 1 aliphatic heterocycles. The highest BCUT2D eigenvalue weighted by atomic mass is 19.4. The number of hydrogen-bond donors (Lipinski definition) is 1. The van der Waals surface area contributed by atoms with Crippen molar-refractivity contribution in [3.05, 3.63) is 35.9 Å². The molecule has 1 saturated heterocycles. The lowest BCUT2D eigenvalue weighted by Crippen LogP contribution is -2.65. The van der Waals surface area contributed by atoms with Gasteiger partial charge in [0.15, 0.2) is 0 Å². The van der Waals surface area contributed by atoms with Gasteiger partial charge in [-0.3, -0.25) is 5.32 Å². The number of benzene rings is 1. The predicted molar refractivity (Wildman–Crippen MR) is 61.3 cm³/mol. The van der Waals surface area contributed by atoms with E-state index < -0.39 is 30.2 Å². The molecule has 1 heterocycles. The maximum atomic E-state index is 12.9. The molecule has 1 aliphatic rings. The second-order valence-electron chi connectivity index (χ2n) is 4.56. The lowest BCUT2D eigenvalue weighted by molar-refractivity contribution is -0.382. The molecule has 21 heavy (non-hydrogen) atoms. The Morgan fingerprint density at radius 3 is 1.86 bits per heavy atom. The van der Waals surface area contributed by atoms with Crippen LogP contribution in [0.3, 0.4) is 0 Å². The van der Waals surface area contributed by atoms with Gasteiger partial charge in [0.05, 0.1) is 0 Å². The molecular weight excluding hydrogens is 304 g/mol. The minimum absolute atomic E-state index is 0. The Balaban J connectivity index is 0.00000220. The second-order valence-corrected chi connectivity index (χ2v) is 4.56. The molecule has 0 amide bonds. The van der Waals surface area contributed by atoms with E-state index in [2.05, 4.69) is 4.74 Å². The molecule has 120 valence electrons. The van der Waals surface area contributed by atoms with Gasteiger partial charge in [0, 0.05) is 6.04 Å². The summed E-state index contributed by atoms with van der Waals surface area (Å²) in [6.45, 7) is 1.22. The van der Waals surface area contributed by atoms with Gasteiger partial charge in [0.25, 0.3) is 0 Å². The van der Waals surface area contributed by atoms with Crippen molar-refractivity contribution in [1.29, 1.82) is 0 Å². The lowest BCUT2D eigenvalue weighted by Gasteiger charge is -2.33. The fraction of sp³-hybridized carbons (Fsp3) is 0.500. The first-order valence-electron chi connectivity index (χ1n) is 5.72. The van der Waals surface area contributed by atoms with Gasteiger partial charge in [0.1, 0.15) is 6.10 Å². The van der Waals surface area contributed by atoms with Gasteiger partial charge in [-0.05, 0) is 12.5 Å². The minimum atomic E-state index is -5.61. The molecule has 0 spiro atoms. The summed E-state index contributed by atoms with van der Waals surface area (Å²) in [6.07, 6.45) is -12.6. The average molecular weight is 317 g/mol. The zero-order valence-electron chi connectivity index (χ0n) is 10.7. The van der Waals surface area contributed by atoms with E-state index in [1.807, 2.05) is 0 Å². The topological polar surface area (TPSA) is 52.8 Å². The van der Waals surface area contributed by atoms with Crippen molar-refractivity contribution < 1.29 is 36.6 Å². The Morgan fingerprint density at radius 2 is 1.48 bits per heavy atom. The Labute approximate surface area is 116 Å². The van der Waals surface area contributed by atoms with Crippen molar-refractivity contribution in [3.63, 3.8) is 0 Å². The van der Waals surface area contributed by atoms with Crippen LogP contribution in [0, 0.1) is 0 Å². The number of rotatable bonds is 1. The number of halogens is 6. The van der Waals surface area contributed by atoms with Crippen LogP contribution in [0.2, 0.25) is 0 Å². The Hall–Kier alpha value is -1.32. The second kappa shape index (κ2) is 5.47. The molecular formula is C12H13F6NO2. The first kappa shape index (κ1) is 17.7. The van der Waals surface area contributed by atoms with Gasteiger partial charge >= 0.3 is 18.1 Å². The molecule has 0 aliphatic carbocycles. The van der Waals surface area contributed by atoms with E-state index in [1.54, 1.807) is 6.07 Å². The van der Waals surface area contributed by atoms with E-state index in [-0.39, 0.29) is 11.0 Å². The molecule has 0 saturated carbocycles. The van der Waals surface area contributed by atoms with Crippen molar-refractivity contribution in [2.75, 3.05) is 0 Å². The highest BCUT2D eigenvalue weighted by molar-refractivity contribution is 5.21. The largest absolute Gasteiger partial charge is 0.440 e. The standard InChI is InChI=1S/C12H11F6NO.H2O/c1-7-9(8-5-3-2-4-6-8)20-10(19-7,11(13,14)15)12(16,17)18;/h2-7,9,19H,1H3;1H2. The number of ether oxygens (including phenoxy) is 1. The van der Waals surface area contributed by atoms with Gasteiger partial charge in [-0.25, -0.2) is 0 Å². The quantitative estimate of drug-likeness (QED) is 0.810. The van der Waals surface area contributed by atoms with Crippen LogP contribution in [0.15, 0.2) is 30.3 Å². The summed E-state index contributed by atoms with van der Waals surface area (Å²) in [6, 6.07) is 6.36. The van der Waals surface area contributed by atoms with Crippen molar-refractivity contribution in [2.45, 2.75) is 37.1 Å². The highest BCUT2D eigenvalue weighted by Crippen LogP contribution is 2.50.